The van der Waals surface area contributed by atoms with Crippen LogP contribution in [0.15, 0.2) is 84.9 Å². The Morgan fingerprint density at radius 2 is 1.47 bits per heavy atom. The SMILES string of the molecule is Cc1ccc2nc(-c3[c-]ccc(-c4ccc(C(C)(C)C)cc4)c3)cc3c2c1-c1ccccc1-3.[Ir]. The molecule has 0 N–H and O–H groups in total. The fourth-order valence-electron chi connectivity index (χ4n) is 5.02. The number of hydrogen-bond acceptors (Lipinski definition) is 1. The van der Waals surface area contributed by atoms with Crippen molar-refractivity contribution in [1.82, 2.24) is 4.98 Å². The average molecular weight is 617 g/mol. The molecule has 0 atom stereocenters. The summed E-state index contributed by atoms with van der Waals surface area (Å²) in [7, 11) is 0. The molecule has 5 aromatic rings. The van der Waals surface area contributed by atoms with Crippen molar-refractivity contribution >= 4 is 10.9 Å². The van der Waals surface area contributed by atoms with Crippen LogP contribution in [0.5, 0.6) is 0 Å². The van der Waals surface area contributed by atoms with E-state index in [4.69, 9.17) is 4.98 Å². The minimum atomic E-state index is 0. The first kappa shape index (κ1) is 22.7. The van der Waals surface area contributed by atoms with Crippen molar-refractivity contribution in [2.75, 3.05) is 0 Å². The van der Waals surface area contributed by atoms with Crippen LogP contribution < -0.4 is 0 Å². The fourth-order valence-corrected chi connectivity index (χ4v) is 5.02. The first-order valence-electron chi connectivity index (χ1n) is 11.6. The summed E-state index contributed by atoms with van der Waals surface area (Å²) in [6.07, 6.45) is 0. The normalized spacial score (nSPS) is 11.9. The number of aromatic nitrogens is 1. The number of benzene rings is 4. The molecule has 6 rings (SSSR count). The van der Waals surface area contributed by atoms with E-state index in [0.29, 0.717) is 0 Å². The Morgan fingerprint density at radius 1 is 0.735 bits per heavy atom. The Bertz CT molecular complexity index is 1540. The molecule has 0 unspecified atom stereocenters. The molecule has 0 amide bonds. The molecule has 34 heavy (non-hydrogen) atoms. The summed E-state index contributed by atoms with van der Waals surface area (Å²) in [5, 5.41) is 1.27. The maximum atomic E-state index is 5.08. The van der Waals surface area contributed by atoms with Crippen LogP contribution in [0.25, 0.3) is 55.5 Å². The minimum Gasteiger partial charge on any atom is -0.296 e. The second kappa shape index (κ2) is 8.31. The number of aryl methyl sites for hydroxylation is 1. The zero-order chi connectivity index (χ0) is 22.7. The molecule has 1 radical (unpaired) electrons. The van der Waals surface area contributed by atoms with E-state index in [-0.39, 0.29) is 25.5 Å². The van der Waals surface area contributed by atoms with Gasteiger partial charge in [0.1, 0.15) is 0 Å². The summed E-state index contributed by atoms with van der Waals surface area (Å²) in [6, 6.07) is 34.0. The van der Waals surface area contributed by atoms with Gasteiger partial charge in [-0.3, -0.25) is 4.98 Å². The number of rotatable bonds is 2. The van der Waals surface area contributed by atoms with E-state index in [9.17, 15) is 0 Å². The van der Waals surface area contributed by atoms with Gasteiger partial charge in [-0.25, -0.2) is 0 Å². The average Bonchev–Trinajstić information content (AvgIpc) is 3.17. The molecule has 0 bridgehead atoms. The van der Waals surface area contributed by atoms with Crippen molar-refractivity contribution in [2.24, 2.45) is 0 Å². The van der Waals surface area contributed by atoms with E-state index in [0.717, 1.165) is 16.8 Å². The second-order valence-electron chi connectivity index (χ2n) is 10.1. The van der Waals surface area contributed by atoms with Gasteiger partial charge in [-0.15, -0.1) is 35.4 Å². The van der Waals surface area contributed by atoms with E-state index in [1.165, 1.54) is 49.9 Å². The van der Waals surface area contributed by atoms with Crippen molar-refractivity contribution in [1.29, 1.82) is 0 Å². The first-order chi connectivity index (χ1) is 15.9. The van der Waals surface area contributed by atoms with Crippen molar-refractivity contribution in [3.63, 3.8) is 0 Å². The van der Waals surface area contributed by atoms with Gasteiger partial charge in [0, 0.05) is 25.5 Å². The smallest absolute Gasteiger partial charge is 0.0608 e. The number of nitrogens with zero attached hydrogens (tertiary/aromatic N) is 1. The molecule has 1 heterocycles. The van der Waals surface area contributed by atoms with Crippen molar-refractivity contribution in [3.05, 3.63) is 102 Å². The summed E-state index contributed by atoms with van der Waals surface area (Å²) in [5.41, 5.74) is 13.5. The van der Waals surface area contributed by atoms with E-state index < -0.39 is 0 Å². The quantitative estimate of drug-likeness (QED) is 0.178. The fraction of sp³-hybridized carbons (Fsp3) is 0.156. The van der Waals surface area contributed by atoms with Crippen LogP contribution in [0.3, 0.4) is 0 Å². The maximum absolute atomic E-state index is 5.08. The van der Waals surface area contributed by atoms with Gasteiger partial charge in [-0.2, -0.15) is 0 Å². The third-order valence-electron chi connectivity index (χ3n) is 6.83. The summed E-state index contributed by atoms with van der Waals surface area (Å²) in [6.45, 7) is 8.94. The largest absolute Gasteiger partial charge is 0.296 e. The molecular formula is C32H26IrN-. The molecule has 0 fully saturated rings. The van der Waals surface area contributed by atoms with E-state index in [1.807, 2.05) is 6.07 Å². The van der Waals surface area contributed by atoms with Gasteiger partial charge in [0.05, 0.1) is 5.52 Å². The molecule has 0 aliphatic heterocycles. The zero-order valence-corrected chi connectivity index (χ0v) is 22.3. The molecule has 1 nitrogen and oxygen atoms in total. The molecule has 4 aromatic carbocycles. The molecule has 1 aromatic heterocycles. The first-order valence-corrected chi connectivity index (χ1v) is 11.6. The third kappa shape index (κ3) is 3.63. The standard InChI is InChI=1S/C32H26N.Ir/c1-20-12-17-28-31-27(25-10-5-6-11-26(25)30(20)31)19-29(33-28)23-9-7-8-22(18-23)21-13-15-24(16-14-21)32(2,3)4;/h5-8,10-19H,1-4H3;/q-1;. The zero-order valence-electron chi connectivity index (χ0n) is 19.9. The van der Waals surface area contributed by atoms with E-state index in [1.54, 1.807) is 0 Å². The molecule has 1 aliphatic rings. The van der Waals surface area contributed by atoms with Gasteiger partial charge in [0.15, 0.2) is 0 Å². The molecular weight excluding hydrogens is 591 g/mol. The topological polar surface area (TPSA) is 12.9 Å². The van der Waals surface area contributed by atoms with Crippen LogP contribution in [-0.2, 0) is 25.5 Å². The predicted octanol–water partition coefficient (Wildman–Crippen LogP) is 8.62. The van der Waals surface area contributed by atoms with Gasteiger partial charge in [0.2, 0.25) is 0 Å². The van der Waals surface area contributed by atoms with Gasteiger partial charge >= 0.3 is 0 Å². The van der Waals surface area contributed by atoms with Crippen molar-refractivity contribution in [3.8, 4) is 44.6 Å². The van der Waals surface area contributed by atoms with Gasteiger partial charge < -0.3 is 0 Å². The molecule has 169 valence electrons. The summed E-state index contributed by atoms with van der Waals surface area (Å²) >= 11 is 0. The maximum Gasteiger partial charge on any atom is 0.0608 e. The molecule has 1 aliphatic carbocycles. The second-order valence-corrected chi connectivity index (χ2v) is 10.1. The monoisotopic (exact) mass is 617 g/mol. The van der Waals surface area contributed by atoms with Crippen LogP contribution in [0.4, 0.5) is 0 Å². The Hall–Kier alpha value is -3.06. The Morgan fingerprint density at radius 3 is 2.21 bits per heavy atom. The molecule has 2 heteroatoms. The Kier molecular flexibility index (Phi) is 5.55. The number of hydrogen-bond donors (Lipinski definition) is 0. The summed E-state index contributed by atoms with van der Waals surface area (Å²) in [5.74, 6) is 0. The number of pyridine rings is 1. The Balaban J connectivity index is 0.00000241. The molecule has 0 saturated heterocycles. The summed E-state index contributed by atoms with van der Waals surface area (Å²) < 4.78 is 0. The van der Waals surface area contributed by atoms with E-state index in [2.05, 4.69) is 113 Å². The third-order valence-corrected chi connectivity index (χ3v) is 6.83. The predicted molar refractivity (Wildman–Crippen MR) is 139 cm³/mol. The van der Waals surface area contributed by atoms with E-state index >= 15 is 0 Å². The van der Waals surface area contributed by atoms with Crippen LogP contribution in [0.1, 0.15) is 31.9 Å². The van der Waals surface area contributed by atoms with Crippen LogP contribution in [-0.4, -0.2) is 4.98 Å². The summed E-state index contributed by atoms with van der Waals surface area (Å²) in [4.78, 5) is 5.08. The number of fused-ring (bicyclic) bond motifs is 3. The Labute approximate surface area is 215 Å². The minimum absolute atomic E-state index is 0. The van der Waals surface area contributed by atoms with Crippen LogP contribution in [0.2, 0.25) is 0 Å². The molecule has 0 spiro atoms. The van der Waals surface area contributed by atoms with Gasteiger partial charge in [-0.1, -0.05) is 81.4 Å². The van der Waals surface area contributed by atoms with Gasteiger partial charge in [0.25, 0.3) is 0 Å². The van der Waals surface area contributed by atoms with Crippen molar-refractivity contribution < 1.29 is 20.1 Å². The van der Waals surface area contributed by atoms with Gasteiger partial charge in [-0.05, 0) is 63.0 Å². The van der Waals surface area contributed by atoms with Crippen LogP contribution in [0, 0.1) is 13.0 Å². The molecule has 0 saturated carbocycles. The van der Waals surface area contributed by atoms with Crippen molar-refractivity contribution in [2.45, 2.75) is 33.1 Å². The van der Waals surface area contributed by atoms with Crippen LogP contribution >= 0.6 is 0 Å².